The van der Waals surface area contributed by atoms with Crippen LogP contribution in [0.3, 0.4) is 0 Å². The summed E-state index contributed by atoms with van der Waals surface area (Å²) in [6.07, 6.45) is 0.809. The molecule has 26 heavy (non-hydrogen) atoms. The van der Waals surface area contributed by atoms with Gasteiger partial charge in [0, 0.05) is 37.3 Å². The van der Waals surface area contributed by atoms with Gasteiger partial charge in [0.2, 0.25) is 0 Å². The molecule has 0 fully saturated rings. The predicted molar refractivity (Wildman–Crippen MR) is 107 cm³/mol. The highest BCUT2D eigenvalue weighted by molar-refractivity contribution is 6.31. The molecule has 0 aliphatic carbocycles. The fourth-order valence-electron chi connectivity index (χ4n) is 2.62. The molecule has 0 aliphatic heterocycles. The molecule has 4 nitrogen and oxygen atoms in total. The molecule has 0 spiro atoms. The SMILES string of the molecule is CN=C(NCCc1ccccc1Cl)NCc1ccc(F)c(CN(C)C)c1. The molecular formula is C20H26ClFN4. The highest BCUT2D eigenvalue weighted by Crippen LogP contribution is 2.15. The number of benzene rings is 2. The van der Waals surface area contributed by atoms with Crippen molar-refractivity contribution in [1.29, 1.82) is 0 Å². The van der Waals surface area contributed by atoms with Crippen LogP contribution in [0.25, 0.3) is 0 Å². The second-order valence-corrected chi connectivity index (χ2v) is 6.76. The van der Waals surface area contributed by atoms with Gasteiger partial charge in [-0.3, -0.25) is 4.99 Å². The van der Waals surface area contributed by atoms with E-state index in [2.05, 4.69) is 15.6 Å². The molecule has 0 bridgehead atoms. The largest absolute Gasteiger partial charge is 0.356 e. The minimum absolute atomic E-state index is 0.176. The van der Waals surface area contributed by atoms with Crippen LogP contribution in [0.5, 0.6) is 0 Å². The molecule has 2 rings (SSSR count). The van der Waals surface area contributed by atoms with Crippen molar-refractivity contribution in [2.75, 3.05) is 27.7 Å². The summed E-state index contributed by atoms with van der Waals surface area (Å²) in [6.45, 7) is 1.87. The summed E-state index contributed by atoms with van der Waals surface area (Å²) in [4.78, 5) is 6.17. The van der Waals surface area contributed by atoms with Crippen molar-refractivity contribution >= 4 is 17.6 Å². The van der Waals surface area contributed by atoms with E-state index >= 15 is 0 Å². The molecule has 2 N–H and O–H groups in total. The Morgan fingerprint density at radius 2 is 1.88 bits per heavy atom. The number of hydrogen-bond donors (Lipinski definition) is 2. The Balaban J connectivity index is 1.86. The van der Waals surface area contributed by atoms with E-state index in [9.17, 15) is 4.39 Å². The summed E-state index contributed by atoms with van der Waals surface area (Å²) in [5, 5.41) is 7.30. The molecule has 0 radical (unpaired) electrons. The molecule has 0 saturated carbocycles. The van der Waals surface area contributed by atoms with Crippen LogP contribution in [0, 0.1) is 5.82 Å². The second kappa shape index (κ2) is 10.1. The zero-order valence-electron chi connectivity index (χ0n) is 15.5. The van der Waals surface area contributed by atoms with Crippen molar-refractivity contribution in [3.8, 4) is 0 Å². The lowest BCUT2D eigenvalue weighted by atomic mass is 10.1. The lowest BCUT2D eigenvalue weighted by Gasteiger charge is -2.14. The molecule has 140 valence electrons. The third kappa shape index (κ3) is 6.32. The van der Waals surface area contributed by atoms with Crippen molar-refractivity contribution in [2.24, 2.45) is 4.99 Å². The second-order valence-electron chi connectivity index (χ2n) is 6.36. The topological polar surface area (TPSA) is 39.7 Å². The van der Waals surface area contributed by atoms with Gasteiger partial charge in [-0.15, -0.1) is 0 Å². The summed E-state index contributed by atoms with van der Waals surface area (Å²) < 4.78 is 13.9. The van der Waals surface area contributed by atoms with Crippen molar-refractivity contribution in [2.45, 2.75) is 19.5 Å². The van der Waals surface area contributed by atoms with E-state index in [1.165, 1.54) is 6.07 Å². The lowest BCUT2D eigenvalue weighted by Crippen LogP contribution is -2.37. The van der Waals surface area contributed by atoms with Crippen LogP contribution >= 0.6 is 11.6 Å². The average Bonchev–Trinajstić information content (AvgIpc) is 2.61. The molecule has 0 unspecified atom stereocenters. The minimum atomic E-state index is -0.176. The molecular weight excluding hydrogens is 351 g/mol. The van der Waals surface area contributed by atoms with Crippen LogP contribution in [0.2, 0.25) is 5.02 Å². The molecule has 2 aromatic rings. The van der Waals surface area contributed by atoms with Gasteiger partial charge in [-0.25, -0.2) is 4.39 Å². The first-order valence-corrected chi connectivity index (χ1v) is 8.97. The highest BCUT2D eigenvalue weighted by Gasteiger charge is 2.06. The quantitative estimate of drug-likeness (QED) is 0.574. The first-order valence-electron chi connectivity index (χ1n) is 8.59. The monoisotopic (exact) mass is 376 g/mol. The summed E-state index contributed by atoms with van der Waals surface area (Å²) in [7, 11) is 5.58. The molecule has 0 heterocycles. The number of rotatable bonds is 7. The van der Waals surface area contributed by atoms with Gasteiger partial charge >= 0.3 is 0 Å². The van der Waals surface area contributed by atoms with Gasteiger partial charge in [0.25, 0.3) is 0 Å². The van der Waals surface area contributed by atoms with E-state index in [-0.39, 0.29) is 5.82 Å². The molecule has 0 amide bonds. The van der Waals surface area contributed by atoms with Crippen LogP contribution < -0.4 is 10.6 Å². The first-order chi connectivity index (χ1) is 12.5. The maximum absolute atomic E-state index is 13.9. The fourth-order valence-corrected chi connectivity index (χ4v) is 2.85. The third-order valence-corrected chi connectivity index (χ3v) is 4.29. The Bertz CT molecular complexity index is 746. The Hall–Kier alpha value is -2.11. The number of halogens is 2. The molecule has 0 saturated heterocycles. The zero-order valence-corrected chi connectivity index (χ0v) is 16.3. The predicted octanol–water partition coefficient (Wildman–Crippen LogP) is 3.45. The Morgan fingerprint density at radius 3 is 2.58 bits per heavy atom. The molecule has 2 aromatic carbocycles. The normalized spacial score (nSPS) is 11.7. The standard InChI is InChI=1S/C20H26ClFN4/c1-23-20(24-11-10-16-6-4-5-7-18(16)21)25-13-15-8-9-19(22)17(12-15)14-26(2)3/h4-9,12H,10-11,13-14H2,1-3H3,(H2,23,24,25). The average molecular weight is 377 g/mol. The Morgan fingerprint density at radius 1 is 1.12 bits per heavy atom. The van der Waals surface area contributed by atoms with E-state index < -0.39 is 0 Å². The van der Waals surface area contributed by atoms with E-state index in [0.29, 0.717) is 24.6 Å². The maximum Gasteiger partial charge on any atom is 0.191 e. The van der Waals surface area contributed by atoms with Crippen LogP contribution in [0.15, 0.2) is 47.5 Å². The summed E-state index contributed by atoms with van der Waals surface area (Å²) in [5.74, 6) is 0.528. The maximum atomic E-state index is 13.9. The van der Waals surface area contributed by atoms with E-state index in [4.69, 9.17) is 11.6 Å². The van der Waals surface area contributed by atoms with Crippen molar-refractivity contribution in [1.82, 2.24) is 15.5 Å². The molecule has 0 aliphatic rings. The fraction of sp³-hybridized carbons (Fsp3) is 0.350. The van der Waals surface area contributed by atoms with Crippen LogP contribution in [0.4, 0.5) is 4.39 Å². The highest BCUT2D eigenvalue weighted by atomic mass is 35.5. The van der Waals surface area contributed by atoms with Crippen molar-refractivity contribution in [3.05, 3.63) is 70.0 Å². The summed E-state index contributed by atoms with van der Waals surface area (Å²) in [5.41, 5.74) is 2.80. The lowest BCUT2D eigenvalue weighted by molar-refractivity contribution is 0.392. The molecule has 6 heteroatoms. The minimum Gasteiger partial charge on any atom is -0.356 e. The van der Waals surface area contributed by atoms with Gasteiger partial charge in [-0.1, -0.05) is 35.9 Å². The van der Waals surface area contributed by atoms with Gasteiger partial charge < -0.3 is 15.5 Å². The van der Waals surface area contributed by atoms with Crippen LogP contribution in [0.1, 0.15) is 16.7 Å². The third-order valence-electron chi connectivity index (χ3n) is 3.92. The van der Waals surface area contributed by atoms with E-state index in [1.807, 2.05) is 49.3 Å². The van der Waals surface area contributed by atoms with Gasteiger partial charge in [-0.2, -0.15) is 0 Å². The van der Waals surface area contributed by atoms with Gasteiger partial charge in [0.05, 0.1) is 0 Å². The van der Waals surface area contributed by atoms with Gasteiger partial charge in [-0.05, 0) is 49.8 Å². The number of guanidine groups is 1. The van der Waals surface area contributed by atoms with E-state index in [0.717, 1.165) is 29.1 Å². The smallest absolute Gasteiger partial charge is 0.191 e. The van der Waals surface area contributed by atoms with Gasteiger partial charge in [0.1, 0.15) is 5.82 Å². The van der Waals surface area contributed by atoms with Crippen LogP contribution in [-0.2, 0) is 19.5 Å². The Labute approximate surface area is 160 Å². The zero-order chi connectivity index (χ0) is 18.9. The first kappa shape index (κ1) is 20.2. The molecule has 0 aromatic heterocycles. The van der Waals surface area contributed by atoms with Crippen molar-refractivity contribution < 1.29 is 4.39 Å². The Kier molecular flexibility index (Phi) is 7.88. The summed E-state index contributed by atoms with van der Waals surface area (Å²) >= 11 is 6.17. The number of hydrogen-bond acceptors (Lipinski definition) is 2. The number of aliphatic imine (C=N–C) groups is 1. The van der Waals surface area contributed by atoms with Crippen molar-refractivity contribution in [3.63, 3.8) is 0 Å². The molecule has 0 atom stereocenters. The van der Waals surface area contributed by atoms with Crippen LogP contribution in [-0.4, -0.2) is 38.5 Å². The summed E-state index contributed by atoms with van der Waals surface area (Å²) in [6, 6.07) is 13.0. The van der Waals surface area contributed by atoms with Gasteiger partial charge in [0.15, 0.2) is 5.96 Å². The number of nitrogens with one attached hydrogen (secondary N) is 2. The van der Waals surface area contributed by atoms with E-state index in [1.54, 1.807) is 13.1 Å². The number of nitrogens with zero attached hydrogens (tertiary/aromatic N) is 2.